The molecule has 0 atom stereocenters. The smallest absolute Gasteiger partial charge is 0.825 e. The molecule has 6 nitrogen and oxygen atoms in total. The molecule has 12 heteroatoms. The van der Waals surface area contributed by atoms with Gasteiger partial charge in [0.2, 0.25) is 5.78 Å². The topological polar surface area (TPSA) is 98.1 Å². The first-order valence-electron chi connectivity index (χ1n) is 7.01. The van der Waals surface area contributed by atoms with Gasteiger partial charge in [-0.2, -0.15) is 8.53 Å². The van der Waals surface area contributed by atoms with E-state index in [1.165, 1.54) is 5.38 Å². The van der Waals surface area contributed by atoms with Crippen LogP contribution in [0.2, 0.25) is 0 Å². The van der Waals surface area contributed by atoms with E-state index in [9.17, 15) is 28.2 Å². The molecule has 2 heterocycles. The number of ketones is 2. The molecule has 0 saturated heterocycles. The second-order valence-electron chi connectivity index (χ2n) is 5.05. The van der Waals surface area contributed by atoms with Crippen LogP contribution in [0, 0.1) is 11.6 Å². The second kappa shape index (κ2) is 10.1. The van der Waals surface area contributed by atoms with Gasteiger partial charge in [0.1, 0.15) is 5.69 Å². The average Bonchev–Trinajstić information content (AvgIpc) is 3.19. The van der Waals surface area contributed by atoms with Crippen LogP contribution in [0.4, 0.5) is 8.78 Å². The summed E-state index contributed by atoms with van der Waals surface area (Å²) in [6.07, 6.45) is 1.21. The van der Waals surface area contributed by atoms with Crippen LogP contribution >= 0.6 is 19.9 Å². The maximum absolute atomic E-state index is 13.6. The fourth-order valence-corrected chi connectivity index (χ4v) is 3.65. The largest absolute Gasteiger partial charge is 1.00 e. The number of Topliss-reactive ketones (excluding diaryl/α,β-unsaturated/α-hetero) is 1. The van der Waals surface area contributed by atoms with Crippen molar-refractivity contribution in [2.75, 3.05) is 0 Å². The van der Waals surface area contributed by atoms with Crippen molar-refractivity contribution in [1.29, 1.82) is 0 Å². The minimum absolute atomic E-state index is 0. The van der Waals surface area contributed by atoms with Gasteiger partial charge >= 0.3 is 59.1 Å². The number of thiazole rings is 1. The second-order valence-corrected chi connectivity index (χ2v) is 6.82. The molecule has 0 aliphatic heterocycles. The van der Waals surface area contributed by atoms with Crippen LogP contribution in [0.3, 0.4) is 0 Å². The Hall–Kier alpha value is -0.0600. The zero-order valence-corrected chi connectivity index (χ0v) is 20.4. The van der Waals surface area contributed by atoms with Crippen LogP contribution in [-0.4, -0.2) is 20.9 Å². The van der Waals surface area contributed by atoms with Gasteiger partial charge in [-0.1, -0.05) is 6.92 Å². The SMILES string of the molecule is CCC(=O)c1csc(C(=O)c2cn(P([O-])[O-])c3cc(F)c(F)cc23)n1.[Na+].[Na+]. The van der Waals surface area contributed by atoms with Crippen molar-refractivity contribution in [3.8, 4) is 0 Å². The fraction of sp³-hybridized carbons (Fsp3) is 0.133. The van der Waals surface area contributed by atoms with Crippen LogP contribution < -0.4 is 68.9 Å². The summed E-state index contributed by atoms with van der Waals surface area (Å²) in [4.78, 5) is 50.9. The van der Waals surface area contributed by atoms with E-state index in [0.717, 1.165) is 23.6 Å². The normalized spacial score (nSPS) is 10.6. The summed E-state index contributed by atoms with van der Waals surface area (Å²) in [5, 5.41) is 1.33. The fourth-order valence-electron chi connectivity index (χ4n) is 2.32. The van der Waals surface area contributed by atoms with E-state index in [2.05, 4.69) is 4.98 Å². The summed E-state index contributed by atoms with van der Waals surface area (Å²) in [6.45, 7) is 1.65. The molecule has 0 fully saturated rings. The zero-order chi connectivity index (χ0) is 18.3. The van der Waals surface area contributed by atoms with Crippen molar-refractivity contribution in [3.63, 3.8) is 0 Å². The predicted octanol–water partition coefficient (Wildman–Crippen LogP) is -4.00. The molecule has 1 aromatic carbocycles. The van der Waals surface area contributed by atoms with Gasteiger partial charge in [-0.25, -0.2) is 13.8 Å². The van der Waals surface area contributed by atoms with E-state index in [1.807, 2.05) is 0 Å². The Balaban J connectivity index is 0.00000182. The van der Waals surface area contributed by atoms with Gasteiger partial charge in [0.05, 0.1) is 11.1 Å². The molecular formula is C15H9F2N2Na2O4PS. The number of hydrogen-bond donors (Lipinski definition) is 0. The van der Waals surface area contributed by atoms with Crippen molar-refractivity contribution in [2.45, 2.75) is 13.3 Å². The Morgan fingerprint density at radius 2 is 1.85 bits per heavy atom. The van der Waals surface area contributed by atoms with Gasteiger partial charge in [-0.05, 0) is 6.07 Å². The van der Waals surface area contributed by atoms with E-state index < -0.39 is 25.9 Å². The maximum atomic E-state index is 13.6. The van der Waals surface area contributed by atoms with Crippen LogP contribution in [-0.2, 0) is 0 Å². The molecule has 3 aromatic rings. The number of halogens is 2. The van der Waals surface area contributed by atoms with Gasteiger partial charge in [0.15, 0.2) is 22.4 Å². The number of benzene rings is 1. The van der Waals surface area contributed by atoms with E-state index >= 15 is 0 Å². The first kappa shape index (κ1) is 25.0. The zero-order valence-electron chi connectivity index (χ0n) is 14.7. The third-order valence-corrected chi connectivity index (χ3v) is 5.08. The summed E-state index contributed by atoms with van der Waals surface area (Å²) >= 11 is 0.920. The molecule has 2 aromatic heterocycles. The van der Waals surface area contributed by atoms with Gasteiger partial charge in [0, 0.05) is 29.5 Å². The molecule has 0 aliphatic carbocycles. The standard InChI is InChI=1S/C15H9F2N2O4PS.2Na/c1-2-13(20)11-6-25-15(18-11)14(21)8-5-19(24(22)23)12-4-10(17)9(16)3-7(8)12;;/h3-6H,2H2,1H3;;/q-2;2*+1. The van der Waals surface area contributed by atoms with Gasteiger partial charge in [0.25, 0.3) is 0 Å². The molecule has 0 unspecified atom stereocenters. The van der Waals surface area contributed by atoms with Crippen LogP contribution in [0.1, 0.15) is 39.2 Å². The third-order valence-electron chi connectivity index (χ3n) is 3.55. The molecule has 130 valence electrons. The van der Waals surface area contributed by atoms with E-state index in [4.69, 9.17) is 0 Å². The summed E-state index contributed by atoms with van der Waals surface area (Å²) < 4.78 is 27.7. The van der Waals surface area contributed by atoms with Gasteiger partial charge < -0.3 is 14.1 Å². The monoisotopic (exact) mass is 428 g/mol. The maximum Gasteiger partial charge on any atom is 1.00 e. The number of carbonyl (C=O) groups is 2. The molecular weight excluding hydrogens is 419 g/mol. The predicted molar refractivity (Wildman–Crippen MR) is 84.3 cm³/mol. The number of carbonyl (C=O) groups excluding carboxylic acids is 2. The van der Waals surface area contributed by atoms with Crippen molar-refractivity contribution in [1.82, 2.24) is 9.32 Å². The summed E-state index contributed by atoms with van der Waals surface area (Å²) in [5.41, 5.74) is -0.163. The van der Waals surface area contributed by atoms with Crippen molar-refractivity contribution < 1.29 is 87.3 Å². The first-order valence-corrected chi connectivity index (χ1v) is 9.02. The summed E-state index contributed by atoms with van der Waals surface area (Å²) in [6, 6.07) is 1.47. The van der Waals surface area contributed by atoms with E-state index in [0.29, 0.717) is 10.4 Å². The molecule has 0 saturated carbocycles. The number of aromatic nitrogens is 2. The average molecular weight is 428 g/mol. The van der Waals surface area contributed by atoms with Gasteiger partial charge in [-0.15, -0.1) is 11.3 Å². The first-order chi connectivity index (χ1) is 11.8. The number of hydrogen-bond acceptors (Lipinski definition) is 6. The van der Waals surface area contributed by atoms with Crippen LogP contribution in [0.5, 0.6) is 0 Å². The molecule has 0 N–H and O–H groups in total. The molecule has 0 radical (unpaired) electrons. The van der Waals surface area contributed by atoms with Crippen molar-refractivity contribution in [3.05, 3.63) is 51.6 Å². The van der Waals surface area contributed by atoms with Crippen LogP contribution in [0.25, 0.3) is 10.9 Å². The Morgan fingerprint density at radius 3 is 2.44 bits per heavy atom. The Morgan fingerprint density at radius 1 is 1.22 bits per heavy atom. The van der Waals surface area contributed by atoms with E-state index in [1.54, 1.807) is 6.92 Å². The minimum Gasteiger partial charge on any atom is -0.825 e. The number of rotatable bonds is 5. The number of nitrogens with zero attached hydrogens (tertiary/aromatic N) is 2. The molecule has 0 spiro atoms. The van der Waals surface area contributed by atoms with Crippen molar-refractivity contribution >= 4 is 42.3 Å². The summed E-state index contributed by atoms with van der Waals surface area (Å²) in [5.74, 6) is -3.35. The molecule has 3 rings (SSSR count). The quantitative estimate of drug-likeness (QED) is 0.235. The molecule has 0 amide bonds. The Labute approximate surface area is 202 Å². The molecule has 0 bridgehead atoms. The Kier molecular flexibility index (Phi) is 9.36. The molecule has 27 heavy (non-hydrogen) atoms. The minimum atomic E-state index is -3.19. The van der Waals surface area contributed by atoms with Crippen molar-refractivity contribution in [2.24, 2.45) is 0 Å². The van der Waals surface area contributed by atoms with Crippen LogP contribution in [0.15, 0.2) is 23.7 Å². The third kappa shape index (κ3) is 4.93. The molecule has 0 aliphatic rings. The van der Waals surface area contributed by atoms with Gasteiger partial charge in [-0.3, -0.25) is 9.59 Å². The summed E-state index contributed by atoms with van der Waals surface area (Å²) in [7, 11) is -3.19. The Bertz CT molecular complexity index is 1010. The number of fused-ring (bicyclic) bond motifs is 1. The van der Waals surface area contributed by atoms with E-state index in [-0.39, 0.29) is 98.5 Å².